The third kappa shape index (κ3) is 7.89. The van der Waals surface area contributed by atoms with Gasteiger partial charge in [0.15, 0.2) is 0 Å². The van der Waals surface area contributed by atoms with Crippen molar-refractivity contribution in [2.75, 3.05) is 0 Å². The maximum Gasteiger partial charge on any atom is 0.0803 e. The molecule has 0 aliphatic rings. The minimum absolute atomic E-state index is 0.440. The van der Waals surface area contributed by atoms with Crippen LogP contribution in [-0.4, -0.2) is 21.4 Å². The van der Waals surface area contributed by atoms with Crippen LogP contribution in [0.3, 0.4) is 0 Å². The summed E-state index contributed by atoms with van der Waals surface area (Å²) < 4.78 is 0. The Kier molecular flexibility index (Phi) is 5.71. The van der Waals surface area contributed by atoms with Crippen LogP contribution in [0.25, 0.3) is 0 Å². The molecule has 2 nitrogen and oxygen atoms in total. The summed E-state index contributed by atoms with van der Waals surface area (Å²) in [5, 5.41) is 20.2. The van der Waals surface area contributed by atoms with Gasteiger partial charge in [-0.25, -0.2) is 0 Å². The van der Waals surface area contributed by atoms with Gasteiger partial charge in [0.25, 0.3) is 0 Å². The molecule has 0 aromatic heterocycles. The lowest BCUT2D eigenvalue weighted by atomic mass is 9.89. The third-order valence-corrected chi connectivity index (χ3v) is 2.44. The molecule has 96 valence electrons. The van der Waals surface area contributed by atoms with E-state index in [-0.39, 0.29) is 0 Å². The van der Waals surface area contributed by atoms with Crippen molar-refractivity contribution in [3.8, 4) is 0 Å². The molecular formula is C14H28O2. The molecule has 0 amide bonds. The first-order chi connectivity index (χ1) is 7.04. The van der Waals surface area contributed by atoms with Gasteiger partial charge in [-0.2, -0.15) is 0 Å². The lowest BCUT2D eigenvalue weighted by Crippen LogP contribution is -2.28. The summed E-state index contributed by atoms with van der Waals surface area (Å²) in [6.45, 7) is 11.9. The second kappa shape index (κ2) is 5.83. The topological polar surface area (TPSA) is 40.5 Å². The van der Waals surface area contributed by atoms with Gasteiger partial charge in [-0.15, -0.1) is 0 Å². The highest BCUT2D eigenvalue weighted by Gasteiger charge is 2.22. The average molecular weight is 228 g/mol. The predicted octanol–water partition coefficient (Wildman–Crippen LogP) is 3.14. The molecular weight excluding hydrogens is 200 g/mol. The molecule has 0 fully saturated rings. The van der Waals surface area contributed by atoms with Gasteiger partial charge in [0.1, 0.15) is 0 Å². The van der Waals surface area contributed by atoms with Crippen LogP contribution >= 0.6 is 0 Å². The lowest BCUT2D eigenvalue weighted by Gasteiger charge is -2.25. The molecule has 2 unspecified atom stereocenters. The second-order valence-electron chi connectivity index (χ2n) is 6.24. The van der Waals surface area contributed by atoms with Crippen LogP contribution in [0, 0.1) is 11.8 Å². The highest BCUT2D eigenvalue weighted by atomic mass is 16.3. The fourth-order valence-corrected chi connectivity index (χ4v) is 2.15. The van der Waals surface area contributed by atoms with Crippen molar-refractivity contribution in [3.05, 3.63) is 12.2 Å². The van der Waals surface area contributed by atoms with E-state index in [2.05, 4.69) is 27.7 Å². The van der Waals surface area contributed by atoms with Crippen molar-refractivity contribution in [2.24, 2.45) is 11.8 Å². The molecule has 0 aromatic rings. The highest BCUT2D eigenvalue weighted by Crippen LogP contribution is 2.22. The third-order valence-electron chi connectivity index (χ3n) is 2.44. The number of rotatable bonds is 6. The Morgan fingerprint density at radius 2 is 1.06 bits per heavy atom. The van der Waals surface area contributed by atoms with Gasteiger partial charge < -0.3 is 10.2 Å². The summed E-state index contributed by atoms with van der Waals surface area (Å²) in [6.07, 6.45) is 4.88. The predicted molar refractivity (Wildman–Crippen MR) is 69.3 cm³/mol. The van der Waals surface area contributed by atoms with Crippen LogP contribution in [0.1, 0.15) is 54.4 Å². The summed E-state index contributed by atoms with van der Waals surface area (Å²) >= 11 is 0. The minimum atomic E-state index is -0.824. The molecule has 0 heterocycles. The molecule has 0 rings (SSSR count). The van der Waals surface area contributed by atoms with Gasteiger partial charge in [-0.05, 0) is 38.5 Å². The first kappa shape index (κ1) is 15.7. The Bertz CT molecular complexity index is 201. The van der Waals surface area contributed by atoms with Crippen LogP contribution < -0.4 is 0 Å². The van der Waals surface area contributed by atoms with Crippen LogP contribution in [0.5, 0.6) is 0 Å². The van der Waals surface area contributed by atoms with E-state index in [1.807, 2.05) is 0 Å². The van der Waals surface area contributed by atoms with Crippen molar-refractivity contribution >= 4 is 0 Å². The van der Waals surface area contributed by atoms with Gasteiger partial charge in [-0.1, -0.05) is 39.8 Å². The number of hydrogen-bond acceptors (Lipinski definition) is 2. The standard InChI is InChI=1S/C14H28O2/c1-11(2)9-13(5,15)7-8-14(6,16)10-12(3)4/h7-8,11-12,15-16H,9-10H2,1-6H3. The van der Waals surface area contributed by atoms with Crippen molar-refractivity contribution in [2.45, 2.75) is 65.6 Å². The first-order valence-corrected chi connectivity index (χ1v) is 6.19. The SMILES string of the molecule is CC(C)CC(C)(O)C=CC(C)(O)CC(C)C. The fourth-order valence-electron chi connectivity index (χ4n) is 2.15. The van der Waals surface area contributed by atoms with E-state index in [4.69, 9.17) is 0 Å². The summed E-state index contributed by atoms with van der Waals surface area (Å²) in [7, 11) is 0. The molecule has 0 bridgehead atoms. The Morgan fingerprint density at radius 3 is 1.25 bits per heavy atom. The molecule has 0 aliphatic carbocycles. The second-order valence-corrected chi connectivity index (χ2v) is 6.24. The van der Waals surface area contributed by atoms with E-state index < -0.39 is 11.2 Å². The molecule has 0 aliphatic heterocycles. The monoisotopic (exact) mass is 228 g/mol. The van der Waals surface area contributed by atoms with Crippen LogP contribution in [0.15, 0.2) is 12.2 Å². The van der Waals surface area contributed by atoms with Crippen molar-refractivity contribution < 1.29 is 10.2 Å². The maximum absolute atomic E-state index is 10.1. The highest BCUT2D eigenvalue weighted by molar-refractivity contribution is 5.06. The largest absolute Gasteiger partial charge is 0.386 e. The van der Waals surface area contributed by atoms with E-state index in [0.29, 0.717) is 24.7 Å². The zero-order valence-corrected chi connectivity index (χ0v) is 11.6. The van der Waals surface area contributed by atoms with Gasteiger partial charge in [-0.3, -0.25) is 0 Å². The molecule has 16 heavy (non-hydrogen) atoms. The molecule has 0 spiro atoms. The van der Waals surface area contributed by atoms with Crippen molar-refractivity contribution in [1.82, 2.24) is 0 Å². The minimum Gasteiger partial charge on any atom is -0.386 e. The zero-order chi connectivity index (χ0) is 13.0. The van der Waals surface area contributed by atoms with E-state index >= 15 is 0 Å². The molecule has 0 radical (unpaired) electrons. The average Bonchev–Trinajstić information content (AvgIpc) is 1.96. The van der Waals surface area contributed by atoms with Crippen molar-refractivity contribution in [1.29, 1.82) is 0 Å². The molecule has 2 atom stereocenters. The Balaban J connectivity index is 4.45. The summed E-state index contributed by atoms with van der Waals surface area (Å²) in [4.78, 5) is 0. The van der Waals surface area contributed by atoms with Gasteiger partial charge in [0.05, 0.1) is 11.2 Å². The van der Waals surface area contributed by atoms with Crippen LogP contribution in [-0.2, 0) is 0 Å². The van der Waals surface area contributed by atoms with E-state index in [1.165, 1.54) is 0 Å². The lowest BCUT2D eigenvalue weighted by molar-refractivity contribution is 0.0700. The maximum atomic E-state index is 10.1. The Hall–Kier alpha value is -0.340. The quantitative estimate of drug-likeness (QED) is 0.686. The molecule has 2 heteroatoms. The van der Waals surface area contributed by atoms with Crippen molar-refractivity contribution in [3.63, 3.8) is 0 Å². The molecule has 0 aromatic carbocycles. The Labute approximate surface area is 100 Å². The fraction of sp³-hybridized carbons (Fsp3) is 0.857. The van der Waals surface area contributed by atoms with E-state index in [9.17, 15) is 10.2 Å². The van der Waals surface area contributed by atoms with E-state index in [1.54, 1.807) is 26.0 Å². The first-order valence-electron chi connectivity index (χ1n) is 6.19. The summed E-state index contributed by atoms with van der Waals surface area (Å²) in [6, 6.07) is 0. The smallest absolute Gasteiger partial charge is 0.0803 e. The molecule has 0 saturated heterocycles. The summed E-state index contributed by atoms with van der Waals surface area (Å²) in [5.74, 6) is 0.879. The Morgan fingerprint density at radius 1 is 0.812 bits per heavy atom. The number of aliphatic hydroxyl groups is 2. The molecule has 2 N–H and O–H groups in total. The van der Waals surface area contributed by atoms with Gasteiger partial charge >= 0.3 is 0 Å². The van der Waals surface area contributed by atoms with Gasteiger partial charge in [0, 0.05) is 0 Å². The van der Waals surface area contributed by atoms with Crippen LogP contribution in [0.2, 0.25) is 0 Å². The van der Waals surface area contributed by atoms with Crippen LogP contribution in [0.4, 0.5) is 0 Å². The zero-order valence-electron chi connectivity index (χ0n) is 11.6. The number of hydrogen-bond donors (Lipinski definition) is 2. The normalized spacial score (nSPS) is 20.4. The molecule has 0 saturated carbocycles. The summed E-state index contributed by atoms with van der Waals surface area (Å²) in [5.41, 5.74) is -1.65. The van der Waals surface area contributed by atoms with E-state index in [0.717, 1.165) is 0 Å². The van der Waals surface area contributed by atoms with Gasteiger partial charge in [0.2, 0.25) is 0 Å².